The first-order valence-corrected chi connectivity index (χ1v) is 6.44. The number of esters is 1. The van der Waals surface area contributed by atoms with Gasteiger partial charge in [-0.25, -0.2) is 0 Å². The van der Waals surface area contributed by atoms with E-state index in [0.29, 0.717) is 24.0 Å². The molecule has 5 heteroatoms. The summed E-state index contributed by atoms with van der Waals surface area (Å²) in [6.07, 6.45) is 1.39. The lowest BCUT2D eigenvalue weighted by molar-refractivity contribution is -0.155. The van der Waals surface area contributed by atoms with Crippen LogP contribution >= 0.6 is 0 Å². The average molecular weight is 280 g/mol. The Balaban J connectivity index is 2.34. The molecule has 0 amide bonds. The van der Waals surface area contributed by atoms with Gasteiger partial charge in [0.15, 0.2) is 11.5 Å². The van der Waals surface area contributed by atoms with Gasteiger partial charge < -0.3 is 14.6 Å². The lowest BCUT2D eigenvalue weighted by Crippen LogP contribution is -2.23. The second-order valence-electron chi connectivity index (χ2n) is 5.38. The number of hydrogen-bond donors (Lipinski definition) is 1. The van der Waals surface area contributed by atoms with E-state index in [9.17, 15) is 14.7 Å². The van der Waals surface area contributed by atoms with E-state index in [1.165, 1.54) is 12.1 Å². The highest BCUT2D eigenvalue weighted by molar-refractivity contribution is 5.76. The van der Waals surface area contributed by atoms with E-state index in [-0.39, 0.29) is 24.7 Å². The molecule has 1 aromatic rings. The van der Waals surface area contributed by atoms with Gasteiger partial charge in [0.2, 0.25) is 0 Å². The monoisotopic (exact) mass is 280 g/mol. The zero-order chi connectivity index (χ0) is 15.2. The highest BCUT2D eigenvalue weighted by Crippen LogP contribution is 2.26. The fraction of sp³-hybridized carbons (Fsp3) is 0.467. The molecule has 0 atom stereocenters. The highest BCUT2D eigenvalue weighted by atomic mass is 16.6. The molecular weight excluding hydrogens is 260 g/mol. The van der Waals surface area contributed by atoms with Crippen molar-refractivity contribution in [2.45, 2.75) is 39.2 Å². The number of carbonyl (C=O) groups excluding carboxylic acids is 2. The first-order chi connectivity index (χ1) is 9.31. The van der Waals surface area contributed by atoms with E-state index in [2.05, 4.69) is 0 Å². The summed E-state index contributed by atoms with van der Waals surface area (Å²) in [4.78, 5) is 22.0. The third kappa shape index (κ3) is 5.73. The van der Waals surface area contributed by atoms with Crippen molar-refractivity contribution in [2.24, 2.45) is 0 Å². The maximum Gasteiger partial charge on any atom is 0.306 e. The minimum Gasteiger partial charge on any atom is -0.504 e. The maximum atomic E-state index is 11.5. The maximum absolute atomic E-state index is 11.5. The van der Waals surface area contributed by atoms with E-state index in [4.69, 9.17) is 9.47 Å². The van der Waals surface area contributed by atoms with Crippen LogP contribution in [0, 0.1) is 0 Å². The third-order valence-electron chi connectivity index (χ3n) is 2.32. The molecule has 0 unspecified atom stereocenters. The first kappa shape index (κ1) is 16.0. The Hall–Kier alpha value is -2.04. The fourth-order valence-corrected chi connectivity index (χ4v) is 1.52. The molecule has 1 rings (SSSR count). The van der Waals surface area contributed by atoms with Crippen LogP contribution in [-0.2, 0) is 9.53 Å². The minimum absolute atomic E-state index is 0.0909. The van der Waals surface area contributed by atoms with Gasteiger partial charge in [0, 0.05) is 12.0 Å². The SMILES string of the molecule is CC(C)(C)OC(=O)CCCOc1ccc(C=O)cc1O. The molecule has 0 saturated heterocycles. The molecule has 0 heterocycles. The number of ether oxygens (including phenoxy) is 2. The van der Waals surface area contributed by atoms with Gasteiger partial charge in [0.05, 0.1) is 6.61 Å². The second-order valence-corrected chi connectivity index (χ2v) is 5.38. The lowest BCUT2D eigenvalue weighted by atomic mass is 10.2. The van der Waals surface area contributed by atoms with Crippen LogP contribution in [0.5, 0.6) is 11.5 Å². The molecule has 1 N–H and O–H groups in total. The summed E-state index contributed by atoms with van der Waals surface area (Å²) in [6, 6.07) is 4.40. The molecule has 0 aliphatic rings. The van der Waals surface area contributed by atoms with Crippen LogP contribution in [0.15, 0.2) is 18.2 Å². The first-order valence-electron chi connectivity index (χ1n) is 6.44. The zero-order valence-electron chi connectivity index (χ0n) is 12.0. The van der Waals surface area contributed by atoms with Crippen LogP contribution in [0.2, 0.25) is 0 Å². The van der Waals surface area contributed by atoms with Crippen molar-refractivity contribution in [1.29, 1.82) is 0 Å². The summed E-state index contributed by atoms with van der Waals surface area (Å²) in [5.74, 6) is -0.0757. The van der Waals surface area contributed by atoms with Crippen LogP contribution in [0.25, 0.3) is 0 Å². The summed E-state index contributed by atoms with van der Waals surface area (Å²) in [7, 11) is 0. The number of rotatable bonds is 6. The summed E-state index contributed by atoms with van der Waals surface area (Å²) < 4.78 is 10.5. The molecule has 1 aromatic carbocycles. The van der Waals surface area contributed by atoms with Gasteiger partial charge in [-0.15, -0.1) is 0 Å². The molecule has 0 aliphatic carbocycles. The number of aldehydes is 1. The standard InChI is InChI=1S/C15H20O5/c1-15(2,3)20-14(18)5-4-8-19-13-7-6-11(10-16)9-12(13)17/h6-7,9-10,17H,4-5,8H2,1-3H3. The van der Waals surface area contributed by atoms with E-state index >= 15 is 0 Å². The lowest BCUT2D eigenvalue weighted by Gasteiger charge is -2.19. The minimum atomic E-state index is -0.485. The molecule has 0 aliphatic heterocycles. The highest BCUT2D eigenvalue weighted by Gasteiger charge is 2.15. The molecule has 110 valence electrons. The number of carbonyl (C=O) groups is 2. The Morgan fingerprint density at radius 1 is 1.35 bits per heavy atom. The van der Waals surface area contributed by atoms with E-state index in [1.54, 1.807) is 6.07 Å². The van der Waals surface area contributed by atoms with E-state index in [0.717, 1.165) is 0 Å². The van der Waals surface area contributed by atoms with Gasteiger partial charge in [-0.1, -0.05) is 0 Å². The molecule has 5 nitrogen and oxygen atoms in total. The van der Waals surface area contributed by atoms with Gasteiger partial charge in [-0.2, -0.15) is 0 Å². The molecule has 0 spiro atoms. The molecule has 0 fully saturated rings. The Kier molecular flexibility index (Phi) is 5.55. The van der Waals surface area contributed by atoms with E-state index < -0.39 is 5.60 Å². The number of phenolic OH excluding ortho intramolecular Hbond substituents is 1. The normalized spacial score (nSPS) is 10.9. The Morgan fingerprint density at radius 3 is 2.60 bits per heavy atom. The van der Waals surface area contributed by atoms with Crippen molar-refractivity contribution in [1.82, 2.24) is 0 Å². The Labute approximate surface area is 118 Å². The smallest absolute Gasteiger partial charge is 0.306 e. The van der Waals surface area contributed by atoms with Crippen LogP contribution in [0.1, 0.15) is 44.0 Å². The number of aromatic hydroxyl groups is 1. The largest absolute Gasteiger partial charge is 0.504 e. The van der Waals surface area contributed by atoms with Crippen LogP contribution < -0.4 is 4.74 Å². The topological polar surface area (TPSA) is 72.8 Å². The number of hydrogen-bond acceptors (Lipinski definition) is 5. The molecular formula is C15H20O5. The summed E-state index contributed by atoms with van der Waals surface area (Å²) >= 11 is 0. The van der Waals surface area contributed by atoms with Crippen molar-refractivity contribution in [3.05, 3.63) is 23.8 Å². The molecule has 20 heavy (non-hydrogen) atoms. The predicted octanol–water partition coefficient (Wildman–Crippen LogP) is 2.71. The third-order valence-corrected chi connectivity index (χ3v) is 2.32. The van der Waals surface area contributed by atoms with Crippen molar-refractivity contribution >= 4 is 12.3 Å². The van der Waals surface area contributed by atoms with Crippen LogP contribution in [-0.4, -0.2) is 29.6 Å². The van der Waals surface area contributed by atoms with E-state index in [1.807, 2.05) is 20.8 Å². The van der Waals surface area contributed by atoms with Crippen molar-refractivity contribution in [3.63, 3.8) is 0 Å². The average Bonchev–Trinajstić information content (AvgIpc) is 2.33. The van der Waals surface area contributed by atoms with Gasteiger partial charge >= 0.3 is 5.97 Å². The molecule has 0 radical (unpaired) electrons. The predicted molar refractivity (Wildman–Crippen MR) is 74.1 cm³/mol. The quantitative estimate of drug-likeness (QED) is 0.493. The van der Waals surface area contributed by atoms with Gasteiger partial charge in [-0.3, -0.25) is 9.59 Å². The fourth-order valence-electron chi connectivity index (χ4n) is 1.52. The summed E-state index contributed by atoms with van der Waals surface area (Å²) in [6.45, 7) is 5.73. The molecule has 0 bridgehead atoms. The van der Waals surface area contributed by atoms with Crippen molar-refractivity contribution in [2.75, 3.05) is 6.61 Å². The second kappa shape index (κ2) is 6.93. The zero-order valence-corrected chi connectivity index (χ0v) is 12.0. The summed E-state index contributed by atoms with van der Waals surface area (Å²) in [5, 5.41) is 9.61. The Morgan fingerprint density at radius 2 is 2.05 bits per heavy atom. The molecule has 0 aromatic heterocycles. The van der Waals surface area contributed by atoms with Crippen molar-refractivity contribution < 1.29 is 24.2 Å². The molecule has 0 saturated carbocycles. The number of phenols is 1. The Bertz CT molecular complexity index is 474. The van der Waals surface area contributed by atoms with Gasteiger partial charge in [-0.05, 0) is 45.4 Å². The van der Waals surface area contributed by atoms with Gasteiger partial charge in [0.1, 0.15) is 11.9 Å². The van der Waals surface area contributed by atoms with Gasteiger partial charge in [0.25, 0.3) is 0 Å². The van der Waals surface area contributed by atoms with Crippen LogP contribution in [0.3, 0.4) is 0 Å². The summed E-state index contributed by atoms with van der Waals surface area (Å²) in [5.41, 5.74) is -0.107. The van der Waals surface area contributed by atoms with Crippen LogP contribution in [0.4, 0.5) is 0 Å². The number of benzene rings is 1. The van der Waals surface area contributed by atoms with Crippen molar-refractivity contribution in [3.8, 4) is 11.5 Å².